The first-order chi connectivity index (χ1) is 11.9. The van der Waals surface area contributed by atoms with E-state index in [0.717, 1.165) is 24.2 Å². The first kappa shape index (κ1) is 18.3. The van der Waals surface area contributed by atoms with Crippen LogP contribution >= 0.6 is 11.6 Å². The van der Waals surface area contributed by atoms with Crippen LogP contribution in [-0.2, 0) is 16.8 Å². The minimum Gasteiger partial charge on any atom is -0.263 e. The van der Waals surface area contributed by atoms with Gasteiger partial charge >= 0.3 is 0 Å². The van der Waals surface area contributed by atoms with E-state index in [1.165, 1.54) is 8.61 Å². The number of piperidine rings is 1. The smallest absolute Gasteiger partial charge is 0.263 e. The number of nitrogens with zero attached hydrogens (tertiary/aromatic N) is 4. The third-order valence-corrected chi connectivity index (χ3v) is 6.56. The number of rotatable bonds is 5. The molecule has 136 valence electrons. The molecule has 3 rings (SSSR count). The average molecular weight is 384 g/mol. The number of halogens is 1. The predicted octanol–water partition coefficient (Wildman–Crippen LogP) is 2.32. The van der Waals surface area contributed by atoms with Gasteiger partial charge in [0.25, 0.3) is 10.2 Å². The van der Waals surface area contributed by atoms with E-state index in [1.54, 1.807) is 19.2 Å². The summed E-state index contributed by atoms with van der Waals surface area (Å²) in [6.07, 6.45) is 1.69. The van der Waals surface area contributed by atoms with Crippen LogP contribution < -0.4 is 0 Å². The lowest BCUT2D eigenvalue weighted by Crippen LogP contribution is -2.46. The fourth-order valence-electron chi connectivity index (χ4n) is 3.03. The summed E-state index contributed by atoms with van der Waals surface area (Å²) >= 11 is 5.88. The van der Waals surface area contributed by atoms with Crippen molar-refractivity contribution in [2.45, 2.75) is 32.2 Å². The first-order valence-electron chi connectivity index (χ1n) is 8.21. The zero-order valence-electron chi connectivity index (χ0n) is 14.3. The van der Waals surface area contributed by atoms with Crippen LogP contribution in [0.3, 0.4) is 0 Å². The monoisotopic (exact) mass is 383 g/mol. The summed E-state index contributed by atoms with van der Waals surface area (Å²) in [4.78, 5) is 4.36. The van der Waals surface area contributed by atoms with Crippen molar-refractivity contribution in [3.8, 4) is 0 Å². The molecule has 1 aliphatic heterocycles. The van der Waals surface area contributed by atoms with E-state index in [9.17, 15) is 8.42 Å². The molecule has 1 aromatic carbocycles. The molecule has 2 heterocycles. The van der Waals surface area contributed by atoms with Gasteiger partial charge < -0.3 is 0 Å². The molecule has 0 bridgehead atoms. The van der Waals surface area contributed by atoms with Crippen molar-refractivity contribution in [3.05, 3.63) is 46.5 Å². The molecule has 1 aliphatic rings. The second-order valence-electron chi connectivity index (χ2n) is 6.37. The van der Waals surface area contributed by atoms with Crippen molar-refractivity contribution in [2.75, 3.05) is 20.1 Å². The zero-order valence-corrected chi connectivity index (χ0v) is 15.9. The number of H-pyrrole nitrogens is 1. The number of hydrogen-bond donors (Lipinski definition) is 1. The molecule has 1 atom stereocenters. The highest BCUT2D eigenvalue weighted by Crippen LogP contribution is 2.27. The second-order valence-corrected chi connectivity index (χ2v) is 8.84. The molecule has 25 heavy (non-hydrogen) atoms. The topological polar surface area (TPSA) is 82.2 Å². The molecule has 0 saturated carbocycles. The highest BCUT2D eigenvalue weighted by molar-refractivity contribution is 7.86. The lowest BCUT2D eigenvalue weighted by atomic mass is 9.99. The van der Waals surface area contributed by atoms with Gasteiger partial charge in [-0.25, -0.2) is 4.98 Å². The Morgan fingerprint density at radius 1 is 1.36 bits per heavy atom. The minimum atomic E-state index is -3.54. The number of aromatic nitrogens is 3. The van der Waals surface area contributed by atoms with Gasteiger partial charge in [0.15, 0.2) is 5.82 Å². The number of aryl methyl sites for hydroxylation is 1. The van der Waals surface area contributed by atoms with Crippen LogP contribution in [0.4, 0.5) is 0 Å². The van der Waals surface area contributed by atoms with Gasteiger partial charge in [0.1, 0.15) is 5.82 Å². The van der Waals surface area contributed by atoms with E-state index < -0.39 is 10.2 Å². The summed E-state index contributed by atoms with van der Waals surface area (Å²) in [6.45, 7) is 3.08. The standard InChI is InChI=1S/C16H22ClN5O2S/c1-12-18-16(20-19-12)14-4-3-9-22(11-14)25(23,24)21(2)10-13-5-7-15(17)8-6-13/h5-8,14H,3-4,9-11H2,1-2H3,(H,18,19,20)/t14-/m1/s1. The number of hydrogen-bond acceptors (Lipinski definition) is 4. The molecule has 7 nitrogen and oxygen atoms in total. The molecular weight excluding hydrogens is 362 g/mol. The molecule has 1 aromatic heterocycles. The third kappa shape index (κ3) is 4.20. The van der Waals surface area contributed by atoms with E-state index >= 15 is 0 Å². The number of benzene rings is 1. The second kappa shape index (κ2) is 7.41. The summed E-state index contributed by atoms with van der Waals surface area (Å²) in [6, 6.07) is 7.20. The van der Waals surface area contributed by atoms with Crippen LogP contribution in [0.15, 0.2) is 24.3 Å². The Bertz CT molecular complexity index is 821. The maximum Gasteiger partial charge on any atom is 0.282 e. The van der Waals surface area contributed by atoms with Crippen LogP contribution in [0, 0.1) is 6.92 Å². The largest absolute Gasteiger partial charge is 0.282 e. The normalized spacial score (nSPS) is 19.4. The van der Waals surface area contributed by atoms with Crippen LogP contribution in [0.2, 0.25) is 5.02 Å². The molecule has 0 aliphatic carbocycles. The molecule has 1 fully saturated rings. The maximum atomic E-state index is 12.9. The van der Waals surface area contributed by atoms with E-state index in [-0.39, 0.29) is 5.92 Å². The van der Waals surface area contributed by atoms with E-state index in [2.05, 4.69) is 15.2 Å². The first-order valence-corrected chi connectivity index (χ1v) is 9.98. The fourth-order valence-corrected chi connectivity index (χ4v) is 4.59. The lowest BCUT2D eigenvalue weighted by molar-refractivity contribution is 0.286. The van der Waals surface area contributed by atoms with Crippen LogP contribution in [-0.4, -0.2) is 52.3 Å². The average Bonchev–Trinajstić information content (AvgIpc) is 3.03. The highest BCUT2D eigenvalue weighted by Gasteiger charge is 2.33. The Morgan fingerprint density at radius 3 is 2.72 bits per heavy atom. The van der Waals surface area contributed by atoms with E-state index in [4.69, 9.17) is 11.6 Å². The maximum absolute atomic E-state index is 12.9. The number of nitrogens with one attached hydrogen (secondary N) is 1. The van der Waals surface area contributed by atoms with Crippen LogP contribution in [0.25, 0.3) is 0 Å². The molecule has 0 unspecified atom stereocenters. The summed E-state index contributed by atoms with van der Waals surface area (Å²) < 4.78 is 28.7. The van der Waals surface area contributed by atoms with Gasteiger partial charge in [0, 0.05) is 37.6 Å². The van der Waals surface area contributed by atoms with Crippen molar-refractivity contribution >= 4 is 21.8 Å². The van der Waals surface area contributed by atoms with Crippen molar-refractivity contribution < 1.29 is 8.42 Å². The van der Waals surface area contributed by atoms with E-state index in [1.807, 2.05) is 19.1 Å². The number of aromatic amines is 1. The minimum absolute atomic E-state index is 0.0254. The predicted molar refractivity (Wildman–Crippen MR) is 96.5 cm³/mol. The molecular formula is C16H22ClN5O2S. The zero-order chi connectivity index (χ0) is 18.0. The Hall–Kier alpha value is -1.48. The highest BCUT2D eigenvalue weighted by atomic mass is 35.5. The Morgan fingerprint density at radius 2 is 2.08 bits per heavy atom. The van der Waals surface area contributed by atoms with Crippen molar-refractivity contribution in [2.24, 2.45) is 0 Å². The molecule has 9 heteroatoms. The molecule has 0 radical (unpaired) electrons. The van der Waals surface area contributed by atoms with Gasteiger partial charge in [-0.1, -0.05) is 23.7 Å². The molecule has 0 amide bonds. The molecule has 2 aromatic rings. The lowest BCUT2D eigenvalue weighted by Gasteiger charge is -2.33. The van der Waals surface area contributed by atoms with Crippen molar-refractivity contribution in [1.82, 2.24) is 23.8 Å². The molecule has 0 spiro atoms. The summed E-state index contributed by atoms with van der Waals surface area (Å²) in [5.41, 5.74) is 0.897. The van der Waals surface area contributed by atoms with E-state index in [0.29, 0.717) is 30.5 Å². The third-order valence-electron chi connectivity index (χ3n) is 4.40. The van der Waals surface area contributed by atoms with Gasteiger partial charge in [-0.15, -0.1) is 0 Å². The van der Waals surface area contributed by atoms with Gasteiger partial charge in [-0.3, -0.25) is 5.10 Å². The Labute approximate surface area is 153 Å². The van der Waals surface area contributed by atoms with Gasteiger partial charge in [0.2, 0.25) is 0 Å². The fraction of sp³-hybridized carbons (Fsp3) is 0.500. The Kier molecular flexibility index (Phi) is 5.43. The summed E-state index contributed by atoms with van der Waals surface area (Å²) in [7, 11) is -1.93. The van der Waals surface area contributed by atoms with Gasteiger partial charge in [0.05, 0.1) is 0 Å². The van der Waals surface area contributed by atoms with Crippen LogP contribution in [0.1, 0.15) is 36.0 Å². The molecule has 1 saturated heterocycles. The quantitative estimate of drug-likeness (QED) is 0.858. The van der Waals surface area contributed by atoms with Gasteiger partial charge in [-0.05, 0) is 37.5 Å². The van der Waals surface area contributed by atoms with Crippen molar-refractivity contribution in [1.29, 1.82) is 0 Å². The summed E-state index contributed by atoms with van der Waals surface area (Å²) in [5.74, 6) is 1.46. The Balaban J connectivity index is 1.70. The van der Waals surface area contributed by atoms with Crippen molar-refractivity contribution in [3.63, 3.8) is 0 Å². The molecule has 1 N–H and O–H groups in total. The van der Waals surface area contributed by atoms with Crippen LogP contribution in [0.5, 0.6) is 0 Å². The van der Waals surface area contributed by atoms with Gasteiger partial charge in [-0.2, -0.15) is 22.1 Å². The SMILES string of the molecule is Cc1nc([C@@H]2CCCN(S(=O)(=O)N(C)Cc3ccc(Cl)cc3)C2)n[nH]1. The summed E-state index contributed by atoms with van der Waals surface area (Å²) in [5, 5.41) is 7.66.